The molecule has 2 N–H and O–H groups in total. The lowest BCUT2D eigenvalue weighted by molar-refractivity contribution is 0.0993. The van der Waals surface area contributed by atoms with Crippen molar-refractivity contribution in [2.75, 3.05) is 5.73 Å². The molecule has 2 aromatic rings. The van der Waals surface area contributed by atoms with Gasteiger partial charge in [-0.05, 0) is 48.4 Å². The van der Waals surface area contributed by atoms with E-state index in [0.29, 0.717) is 22.7 Å². The van der Waals surface area contributed by atoms with Gasteiger partial charge in [0.05, 0.1) is 0 Å². The largest absolute Gasteiger partial charge is 0.399 e. The van der Waals surface area contributed by atoms with Crippen LogP contribution in [0, 0.1) is 6.92 Å². The smallest absolute Gasteiger partial charge is 0.167 e. The third-order valence-electron chi connectivity index (χ3n) is 2.85. The van der Waals surface area contributed by atoms with Crippen LogP contribution in [-0.2, 0) is 6.42 Å². The zero-order valence-electron chi connectivity index (χ0n) is 10.1. The van der Waals surface area contributed by atoms with Gasteiger partial charge in [0, 0.05) is 22.7 Å². The first-order valence-electron chi connectivity index (χ1n) is 5.70. The fraction of sp³-hybridized carbons (Fsp3) is 0.133. The summed E-state index contributed by atoms with van der Waals surface area (Å²) in [5.41, 5.74) is 8.96. The van der Waals surface area contributed by atoms with E-state index >= 15 is 0 Å². The lowest BCUT2D eigenvalue weighted by Gasteiger charge is -2.05. The van der Waals surface area contributed by atoms with Crippen molar-refractivity contribution < 1.29 is 4.79 Å². The lowest BCUT2D eigenvalue weighted by Crippen LogP contribution is -2.04. The molecular formula is C15H14ClNO. The van der Waals surface area contributed by atoms with E-state index in [2.05, 4.69) is 0 Å². The number of benzene rings is 2. The highest BCUT2D eigenvalue weighted by Gasteiger charge is 2.08. The minimum atomic E-state index is 0.0698. The van der Waals surface area contributed by atoms with Crippen molar-refractivity contribution in [1.82, 2.24) is 0 Å². The lowest BCUT2D eigenvalue weighted by atomic mass is 10.0. The Balaban J connectivity index is 2.19. The van der Waals surface area contributed by atoms with Crippen molar-refractivity contribution in [2.24, 2.45) is 0 Å². The molecule has 2 nitrogen and oxygen atoms in total. The maximum atomic E-state index is 12.1. The number of hydrogen-bond donors (Lipinski definition) is 1. The van der Waals surface area contributed by atoms with Gasteiger partial charge in [-0.25, -0.2) is 0 Å². The van der Waals surface area contributed by atoms with Crippen LogP contribution in [0.1, 0.15) is 21.5 Å². The fourth-order valence-electron chi connectivity index (χ4n) is 1.78. The number of aryl methyl sites for hydroxylation is 1. The van der Waals surface area contributed by atoms with E-state index in [1.165, 1.54) is 0 Å². The first-order valence-corrected chi connectivity index (χ1v) is 6.08. The highest BCUT2D eigenvalue weighted by atomic mass is 35.5. The quantitative estimate of drug-likeness (QED) is 0.675. The highest BCUT2D eigenvalue weighted by molar-refractivity contribution is 6.30. The average molecular weight is 260 g/mol. The second-order valence-electron chi connectivity index (χ2n) is 4.30. The molecule has 92 valence electrons. The second kappa shape index (κ2) is 5.23. The molecule has 0 amide bonds. The molecule has 0 heterocycles. The summed E-state index contributed by atoms with van der Waals surface area (Å²) in [6.07, 6.45) is 0.351. The van der Waals surface area contributed by atoms with Crippen molar-refractivity contribution in [3.8, 4) is 0 Å². The topological polar surface area (TPSA) is 43.1 Å². The molecule has 0 unspecified atom stereocenters. The molecular weight excluding hydrogens is 246 g/mol. The molecule has 0 aliphatic rings. The van der Waals surface area contributed by atoms with Crippen LogP contribution in [0.3, 0.4) is 0 Å². The Morgan fingerprint density at radius 1 is 1.22 bits per heavy atom. The molecule has 0 spiro atoms. The number of ketones is 1. The van der Waals surface area contributed by atoms with Crippen LogP contribution in [-0.4, -0.2) is 5.78 Å². The van der Waals surface area contributed by atoms with Crippen LogP contribution in [0.25, 0.3) is 0 Å². The molecule has 18 heavy (non-hydrogen) atoms. The molecule has 0 bridgehead atoms. The second-order valence-corrected chi connectivity index (χ2v) is 4.74. The average Bonchev–Trinajstić information content (AvgIpc) is 2.32. The number of carbonyl (C=O) groups excluding carboxylic acids is 1. The molecule has 0 atom stereocenters. The van der Waals surface area contributed by atoms with Crippen LogP contribution >= 0.6 is 11.6 Å². The van der Waals surface area contributed by atoms with Crippen LogP contribution in [0.2, 0.25) is 5.02 Å². The summed E-state index contributed by atoms with van der Waals surface area (Å²) >= 11 is 5.89. The molecule has 2 rings (SSSR count). The van der Waals surface area contributed by atoms with E-state index in [9.17, 15) is 4.79 Å². The van der Waals surface area contributed by atoms with Crippen LogP contribution in [0.5, 0.6) is 0 Å². The first-order chi connectivity index (χ1) is 8.56. The summed E-state index contributed by atoms with van der Waals surface area (Å²) in [4.78, 5) is 12.1. The Hall–Kier alpha value is -1.80. The zero-order chi connectivity index (χ0) is 13.1. The number of halogens is 1. The van der Waals surface area contributed by atoms with Crippen LogP contribution in [0.15, 0.2) is 42.5 Å². The minimum Gasteiger partial charge on any atom is -0.399 e. The van der Waals surface area contributed by atoms with Crippen molar-refractivity contribution >= 4 is 23.1 Å². The molecule has 0 saturated heterocycles. The Morgan fingerprint density at radius 2 is 2.00 bits per heavy atom. The first kappa shape index (κ1) is 12.7. The summed E-state index contributed by atoms with van der Waals surface area (Å²) < 4.78 is 0. The molecule has 0 radical (unpaired) electrons. The van der Waals surface area contributed by atoms with Gasteiger partial charge in [0.2, 0.25) is 0 Å². The van der Waals surface area contributed by atoms with Gasteiger partial charge in [0.25, 0.3) is 0 Å². The van der Waals surface area contributed by atoms with Gasteiger partial charge in [-0.2, -0.15) is 0 Å². The van der Waals surface area contributed by atoms with Gasteiger partial charge < -0.3 is 5.73 Å². The normalized spacial score (nSPS) is 10.3. The van der Waals surface area contributed by atoms with E-state index in [0.717, 1.165) is 11.1 Å². The highest BCUT2D eigenvalue weighted by Crippen LogP contribution is 2.16. The number of nitrogen functional groups attached to an aromatic ring is 1. The molecule has 0 saturated carbocycles. The van der Waals surface area contributed by atoms with Crippen molar-refractivity contribution in [2.45, 2.75) is 13.3 Å². The Kier molecular flexibility index (Phi) is 3.68. The van der Waals surface area contributed by atoms with Crippen molar-refractivity contribution in [1.29, 1.82) is 0 Å². The number of carbonyl (C=O) groups is 1. The summed E-state index contributed by atoms with van der Waals surface area (Å²) in [6.45, 7) is 1.89. The van der Waals surface area contributed by atoms with E-state index in [4.69, 9.17) is 17.3 Å². The molecule has 0 fully saturated rings. The predicted octanol–water partition coefficient (Wildman–Crippen LogP) is 3.66. The summed E-state index contributed by atoms with van der Waals surface area (Å²) in [6, 6.07) is 12.7. The zero-order valence-corrected chi connectivity index (χ0v) is 10.9. The minimum absolute atomic E-state index is 0.0698. The van der Waals surface area contributed by atoms with Gasteiger partial charge in [-0.15, -0.1) is 0 Å². The van der Waals surface area contributed by atoms with Crippen molar-refractivity contribution in [3.05, 3.63) is 64.2 Å². The van der Waals surface area contributed by atoms with Gasteiger partial charge in [0.1, 0.15) is 0 Å². The van der Waals surface area contributed by atoms with Gasteiger partial charge in [-0.1, -0.05) is 23.7 Å². The van der Waals surface area contributed by atoms with Gasteiger partial charge in [0.15, 0.2) is 5.78 Å². The monoisotopic (exact) mass is 259 g/mol. The third kappa shape index (κ3) is 2.90. The van der Waals surface area contributed by atoms with E-state index in [1.54, 1.807) is 18.2 Å². The molecule has 0 aromatic heterocycles. The summed E-state index contributed by atoms with van der Waals surface area (Å²) in [7, 11) is 0. The predicted molar refractivity (Wildman–Crippen MR) is 75.1 cm³/mol. The number of rotatable bonds is 3. The van der Waals surface area contributed by atoms with Crippen LogP contribution < -0.4 is 5.73 Å². The SMILES string of the molecule is Cc1cc(C(=O)Cc2cccc(Cl)c2)ccc1N. The number of hydrogen-bond acceptors (Lipinski definition) is 2. The van der Waals surface area contributed by atoms with E-state index in [1.807, 2.05) is 31.2 Å². The third-order valence-corrected chi connectivity index (χ3v) is 3.08. The number of nitrogens with two attached hydrogens (primary N) is 1. The van der Waals surface area contributed by atoms with Crippen LogP contribution in [0.4, 0.5) is 5.69 Å². The number of anilines is 1. The van der Waals surface area contributed by atoms with E-state index in [-0.39, 0.29) is 5.78 Å². The summed E-state index contributed by atoms with van der Waals surface area (Å²) in [5, 5.41) is 0.647. The molecule has 0 aliphatic carbocycles. The molecule has 0 aliphatic heterocycles. The standard InChI is InChI=1S/C15H14ClNO/c1-10-7-12(5-6-14(10)17)15(18)9-11-3-2-4-13(16)8-11/h2-8H,9,17H2,1H3. The van der Waals surface area contributed by atoms with Gasteiger partial charge in [-0.3, -0.25) is 4.79 Å². The van der Waals surface area contributed by atoms with E-state index < -0.39 is 0 Å². The Labute approximate surface area is 111 Å². The number of Topliss-reactive ketones (excluding diaryl/α,β-unsaturated/α-hetero) is 1. The Bertz CT molecular complexity index is 593. The Morgan fingerprint density at radius 3 is 2.67 bits per heavy atom. The maximum Gasteiger partial charge on any atom is 0.167 e. The molecule has 2 aromatic carbocycles. The van der Waals surface area contributed by atoms with Gasteiger partial charge >= 0.3 is 0 Å². The maximum absolute atomic E-state index is 12.1. The summed E-state index contributed by atoms with van der Waals surface area (Å²) in [5.74, 6) is 0.0698. The molecule has 3 heteroatoms. The fourth-order valence-corrected chi connectivity index (χ4v) is 2.00. The van der Waals surface area contributed by atoms with Crippen molar-refractivity contribution in [3.63, 3.8) is 0 Å².